The molecule has 3 aromatic rings. The summed E-state index contributed by atoms with van der Waals surface area (Å²) in [6.45, 7) is 4.34. The lowest BCUT2D eigenvalue weighted by atomic mass is 10.1. The SMILES string of the molecule is C=C1C(=O)SC(=O)N1c1cccc2c1ccn2Cc1cccc(C#N)c1. The number of hydrogen-bond acceptors (Lipinski definition) is 4. The molecule has 1 aliphatic heterocycles. The molecule has 6 heteroatoms. The molecule has 1 saturated heterocycles. The highest BCUT2D eigenvalue weighted by molar-refractivity contribution is 8.27. The van der Waals surface area contributed by atoms with Gasteiger partial charge in [-0.05, 0) is 35.9 Å². The van der Waals surface area contributed by atoms with Crippen LogP contribution in [0.1, 0.15) is 11.1 Å². The van der Waals surface area contributed by atoms with E-state index >= 15 is 0 Å². The number of rotatable bonds is 3. The molecule has 5 nitrogen and oxygen atoms in total. The van der Waals surface area contributed by atoms with Crippen LogP contribution in [0.15, 0.2) is 67.0 Å². The van der Waals surface area contributed by atoms with E-state index in [1.165, 1.54) is 4.90 Å². The fourth-order valence-corrected chi connectivity index (χ4v) is 3.77. The van der Waals surface area contributed by atoms with Crippen molar-refractivity contribution in [3.8, 4) is 6.07 Å². The standard InChI is InChI=1S/C20H13N3O2S/c1-13-19(24)26-20(25)23(13)18-7-3-6-17-16(18)8-9-22(17)12-15-5-2-4-14(10-15)11-21/h2-10H,1,12H2. The molecule has 1 fully saturated rings. The van der Waals surface area contributed by atoms with E-state index in [2.05, 4.69) is 12.6 Å². The number of hydrogen-bond donors (Lipinski definition) is 0. The summed E-state index contributed by atoms with van der Waals surface area (Å²) >= 11 is 0.665. The second kappa shape index (κ2) is 6.21. The van der Waals surface area contributed by atoms with E-state index in [4.69, 9.17) is 5.26 Å². The molecule has 26 heavy (non-hydrogen) atoms. The number of carbonyl (C=O) groups excluding carboxylic acids is 2. The number of nitrogens with zero attached hydrogens (tertiary/aromatic N) is 3. The van der Waals surface area contributed by atoms with Gasteiger partial charge < -0.3 is 4.57 Å². The van der Waals surface area contributed by atoms with Crippen LogP contribution in [0.4, 0.5) is 10.5 Å². The Bertz CT molecular complexity index is 1120. The molecule has 0 unspecified atom stereocenters. The molecule has 2 heterocycles. The van der Waals surface area contributed by atoms with Crippen molar-refractivity contribution >= 4 is 38.7 Å². The quantitative estimate of drug-likeness (QED) is 0.655. The Labute approximate surface area is 154 Å². The molecule has 1 aliphatic rings. The average Bonchev–Trinajstić information content (AvgIpc) is 3.16. The molecule has 0 spiro atoms. The van der Waals surface area contributed by atoms with Crippen LogP contribution in [-0.2, 0) is 11.3 Å². The van der Waals surface area contributed by atoms with Crippen molar-refractivity contribution in [3.05, 3.63) is 78.1 Å². The van der Waals surface area contributed by atoms with Gasteiger partial charge in [0, 0.05) is 29.9 Å². The van der Waals surface area contributed by atoms with Crippen molar-refractivity contribution in [3.63, 3.8) is 0 Å². The highest BCUT2D eigenvalue weighted by Gasteiger charge is 2.35. The van der Waals surface area contributed by atoms with E-state index in [1.54, 1.807) is 6.07 Å². The summed E-state index contributed by atoms with van der Waals surface area (Å²) in [4.78, 5) is 25.3. The van der Waals surface area contributed by atoms with Crippen LogP contribution < -0.4 is 4.90 Å². The number of nitriles is 1. The Morgan fingerprint density at radius 1 is 1.12 bits per heavy atom. The predicted molar refractivity (Wildman–Crippen MR) is 102 cm³/mol. The molecular formula is C20H13N3O2S. The van der Waals surface area contributed by atoms with Gasteiger partial charge in [0.25, 0.3) is 5.24 Å². The first-order chi connectivity index (χ1) is 12.6. The summed E-state index contributed by atoms with van der Waals surface area (Å²) in [5.74, 6) is 0. The number of fused-ring (bicyclic) bond motifs is 1. The Morgan fingerprint density at radius 3 is 2.65 bits per heavy atom. The molecule has 2 aromatic carbocycles. The lowest BCUT2D eigenvalue weighted by molar-refractivity contribution is -0.107. The van der Waals surface area contributed by atoms with Crippen molar-refractivity contribution in [2.45, 2.75) is 6.54 Å². The summed E-state index contributed by atoms with van der Waals surface area (Å²) in [5.41, 5.74) is 3.41. The van der Waals surface area contributed by atoms with Gasteiger partial charge in [-0.15, -0.1) is 0 Å². The molecule has 0 saturated carbocycles. The van der Waals surface area contributed by atoms with Gasteiger partial charge in [-0.3, -0.25) is 14.5 Å². The fraction of sp³-hybridized carbons (Fsp3) is 0.0500. The zero-order valence-electron chi connectivity index (χ0n) is 13.7. The first-order valence-corrected chi connectivity index (χ1v) is 8.72. The molecule has 0 aliphatic carbocycles. The fourth-order valence-electron chi connectivity index (χ4n) is 3.11. The maximum absolute atomic E-state index is 12.2. The minimum Gasteiger partial charge on any atom is -0.343 e. The maximum Gasteiger partial charge on any atom is 0.298 e. The smallest absolute Gasteiger partial charge is 0.298 e. The maximum atomic E-state index is 12.2. The number of benzene rings is 2. The molecule has 0 radical (unpaired) electrons. The van der Waals surface area contributed by atoms with Crippen LogP contribution >= 0.6 is 11.8 Å². The molecule has 126 valence electrons. The highest BCUT2D eigenvalue weighted by atomic mass is 32.2. The van der Waals surface area contributed by atoms with Crippen molar-refractivity contribution in [2.75, 3.05) is 4.90 Å². The number of anilines is 1. The van der Waals surface area contributed by atoms with Gasteiger partial charge in [0.2, 0.25) is 5.12 Å². The minimum absolute atomic E-state index is 0.182. The Hall–Kier alpha value is -3.30. The average molecular weight is 359 g/mol. The van der Waals surface area contributed by atoms with Crippen LogP contribution in [0.2, 0.25) is 0 Å². The number of carbonyl (C=O) groups is 2. The van der Waals surface area contributed by atoms with Crippen molar-refractivity contribution in [1.82, 2.24) is 4.57 Å². The second-order valence-electron chi connectivity index (χ2n) is 5.90. The lowest BCUT2D eigenvalue weighted by Gasteiger charge is -2.16. The summed E-state index contributed by atoms with van der Waals surface area (Å²) in [5, 5.41) is 9.27. The van der Waals surface area contributed by atoms with Gasteiger partial charge in [-0.1, -0.05) is 24.8 Å². The third-order valence-electron chi connectivity index (χ3n) is 4.31. The minimum atomic E-state index is -0.332. The highest BCUT2D eigenvalue weighted by Crippen LogP contribution is 2.37. The largest absolute Gasteiger partial charge is 0.343 e. The molecule has 1 amide bonds. The molecule has 1 aromatic heterocycles. The monoisotopic (exact) mass is 359 g/mol. The third-order valence-corrected chi connectivity index (χ3v) is 5.09. The topological polar surface area (TPSA) is 66.1 Å². The molecule has 0 atom stereocenters. The van der Waals surface area contributed by atoms with Gasteiger partial charge in [0.1, 0.15) is 0 Å². The summed E-state index contributed by atoms with van der Waals surface area (Å²) < 4.78 is 2.05. The Balaban J connectivity index is 1.76. The second-order valence-corrected chi connectivity index (χ2v) is 6.83. The first-order valence-electron chi connectivity index (χ1n) is 7.90. The number of aromatic nitrogens is 1. The molecule has 0 N–H and O–H groups in total. The molecular weight excluding hydrogens is 346 g/mol. The van der Waals surface area contributed by atoms with E-state index in [-0.39, 0.29) is 16.1 Å². The van der Waals surface area contributed by atoms with Crippen LogP contribution in [0, 0.1) is 11.3 Å². The zero-order valence-corrected chi connectivity index (χ0v) is 14.5. The van der Waals surface area contributed by atoms with Crippen molar-refractivity contribution in [1.29, 1.82) is 5.26 Å². The van der Waals surface area contributed by atoms with Gasteiger partial charge in [0.05, 0.1) is 28.5 Å². The van der Waals surface area contributed by atoms with Gasteiger partial charge in [-0.25, -0.2) is 0 Å². The normalized spacial score (nSPS) is 14.3. The van der Waals surface area contributed by atoms with E-state index in [0.717, 1.165) is 16.5 Å². The van der Waals surface area contributed by atoms with E-state index in [0.29, 0.717) is 29.6 Å². The predicted octanol–water partition coefficient (Wildman–Crippen LogP) is 4.27. The number of thioether (sulfide) groups is 1. The summed E-state index contributed by atoms with van der Waals surface area (Å²) in [7, 11) is 0. The lowest BCUT2D eigenvalue weighted by Crippen LogP contribution is -2.20. The van der Waals surface area contributed by atoms with Crippen molar-refractivity contribution < 1.29 is 9.59 Å². The van der Waals surface area contributed by atoms with E-state index in [9.17, 15) is 9.59 Å². The first kappa shape index (κ1) is 16.2. The van der Waals surface area contributed by atoms with E-state index in [1.807, 2.05) is 53.2 Å². The van der Waals surface area contributed by atoms with Gasteiger partial charge in [0.15, 0.2) is 0 Å². The summed E-state index contributed by atoms with van der Waals surface area (Å²) in [6, 6.07) is 17.2. The summed E-state index contributed by atoms with van der Waals surface area (Å²) in [6.07, 6.45) is 1.94. The van der Waals surface area contributed by atoms with E-state index < -0.39 is 0 Å². The Morgan fingerprint density at radius 2 is 1.92 bits per heavy atom. The van der Waals surface area contributed by atoms with Crippen LogP contribution in [0.5, 0.6) is 0 Å². The van der Waals surface area contributed by atoms with Crippen molar-refractivity contribution in [2.24, 2.45) is 0 Å². The van der Waals surface area contributed by atoms with Crippen LogP contribution in [0.3, 0.4) is 0 Å². The molecule has 4 rings (SSSR count). The van der Waals surface area contributed by atoms with Crippen LogP contribution in [0.25, 0.3) is 10.9 Å². The molecule has 0 bridgehead atoms. The number of amides is 1. The van der Waals surface area contributed by atoms with Gasteiger partial charge in [-0.2, -0.15) is 5.26 Å². The third kappa shape index (κ3) is 2.59. The van der Waals surface area contributed by atoms with Crippen LogP contribution in [-0.4, -0.2) is 14.9 Å². The Kier molecular flexibility index (Phi) is 3.86. The van der Waals surface area contributed by atoms with Gasteiger partial charge >= 0.3 is 0 Å². The zero-order chi connectivity index (χ0) is 18.3.